The molecule has 104 valence electrons. The summed E-state index contributed by atoms with van der Waals surface area (Å²) in [6.45, 7) is 6.28. The molecule has 0 saturated heterocycles. The molecule has 19 heavy (non-hydrogen) atoms. The van der Waals surface area contributed by atoms with Crippen LogP contribution in [0.2, 0.25) is 0 Å². The summed E-state index contributed by atoms with van der Waals surface area (Å²) in [7, 11) is 0. The second-order valence-corrected chi connectivity index (χ2v) is 9.90. The molecule has 0 aromatic heterocycles. The molecule has 0 spiro atoms. The Labute approximate surface area is 130 Å². The molecule has 0 atom stereocenters. The van der Waals surface area contributed by atoms with Crippen molar-refractivity contribution in [2.24, 2.45) is 0 Å². The third-order valence-electron chi connectivity index (χ3n) is 2.16. The van der Waals surface area contributed by atoms with Crippen molar-refractivity contribution in [3.63, 3.8) is 0 Å². The maximum absolute atomic E-state index is 11.0. The van der Waals surface area contributed by atoms with Crippen molar-refractivity contribution in [3.8, 4) is 5.75 Å². The van der Waals surface area contributed by atoms with Crippen LogP contribution in [0.1, 0.15) is 25.0 Å². The first-order valence-corrected chi connectivity index (χ1v) is 11.9. The molecule has 7 heteroatoms. The molecular formula is C12H15BrO5Pb. The first kappa shape index (κ1) is 16.4. The zero-order chi connectivity index (χ0) is 14.6. The summed E-state index contributed by atoms with van der Waals surface area (Å²) in [5, 5.41) is 0. The molecule has 0 bridgehead atoms. The third-order valence-corrected chi connectivity index (χ3v) is 8.36. The Morgan fingerprint density at radius 2 is 1.47 bits per heavy atom. The summed E-state index contributed by atoms with van der Waals surface area (Å²) in [5.41, 5.74) is 1.77. The Balaban J connectivity index is 2.95. The molecule has 1 rings (SSSR count). The molecule has 0 radical (unpaired) electrons. The van der Waals surface area contributed by atoms with Crippen molar-refractivity contribution >= 4 is 51.9 Å². The van der Waals surface area contributed by atoms with E-state index >= 15 is 0 Å². The van der Waals surface area contributed by atoms with Gasteiger partial charge in [-0.2, -0.15) is 0 Å². The van der Waals surface area contributed by atoms with Gasteiger partial charge in [-0.3, -0.25) is 0 Å². The zero-order valence-electron chi connectivity index (χ0n) is 11.2. The summed E-state index contributed by atoms with van der Waals surface area (Å²) in [5.74, 6) is -0.391. The van der Waals surface area contributed by atoms with Crippen LogP contribution < -0.4 is 2.69 Å². The van der Waals surface area contributed by atoms with Gasteiger partial charge in [-0.15, -0.1) is 0 Å². The predicted molar refractivity (Wildman–Crippen MR) is 74.9 cm³/mol. The average molecular weight is 526 g/mol. The molecule has 0 aliphatic rings. The molecule has 0 saturated carbocycles. The van der Waals surface area contributed by atoms with Gasteiger partial charge >= 0.3 is 131 Å². The number of carbonyl (C=O) groups is 2. The Bertz CT molecular complexity index is 464. The summed E-state index contributed by atoms with van der Waals surface area (Å²) in [6, 6.07) is 3.77. The van der Waals surface area contributed by atoms with Crippen LogP contribution in [-0.2, 0) is 15.0 Å². The molecule has 0 heterocycles. The Morgan fingerprint density at radius 3 is 1.84 bits per heavy atom. The molecule has 0 aliphatic carbocycles. The van der Waals surface area contributed by atoms with E-state index in [-0.39, 0.29) is 0 Å². The number of rotatable bonds is 4. The SMILES string of the molecule is CC(=O)[O][PbH]([O]C(C)=O)[O]c1c(C)cc(Br)cc1C. The van der Waals surface area contributed by atoms with Gasteiger partial charge in [0.1, 0.15) is 0 Å². The topological polar surface area (TPSA) is 61.8 Å². The van der Waals surface area contributed by atoms with E-state index in [2.05, 4.69) is 15.9 Å². The van der Waals surface area contributed by atoms with Crippen LogP contribution in [0, 0.1) is 13.8 Å². The van der Waals surface area contributed by atoms with Crippen molar-refractivity contribution < 1.29 is 17.7 Å². The number of halogens is 1. The van der Waals surface area contributed by atoms with Crippen LogP contribution in [0.25, 0.3) is 0 Å². The molecule has 1 aromatic carbocycles. The van der Waals surface area contributed by atoms with Gasteiger partial charge in [-0.1, -0.05) is 0 Å². The van der Waals surface area contributed by atoms with E-state index < -0.39 is 36.0 Å². The van der Waals surface area contributed by atoms with E-state index in [1.807, 2.05) is 26.0 Å². The summed E-state index contributed by atoms with van der Waals surface area (Å²) in [6.07, 6.45) is 0. The van der Waals surface area contributed by atoms with Gasteiger partial charge in [0, 0.05) is 0 Å². The van der Waals surface area contributed by atoms with Crippen molar-refractivity contribution in [1.29, 1.82) is 0 Å². The van der Waals surface area contributed by atoms with E-state index in [1.165, 1.54) is 13.8 Å². The molecule has 0 amide bonds. The number of aryl methyl sites for hydroxylation is 2. The third kappa shape index (κ3) is 5.47. The Hall–Kier alpha value is -0.638. The normalized spacial score (nSPS) is 10.2. The fourth-order valence-corrected chi connectivity index (χ4v) is 7.07. The quantitative estimate of drug-likeness (QED) is 0.564. The fraction of sp³-hybridized carbons (Fsp3) is 0.333. The monoisotopic (exact) mass is 526 g/mol. The molecule has 0 aliphatic heterocycles. The average Bonchev–Trinajstić information content (AvgIpc) is 2.21. The van der Waals surface area contributed by atoms with Crippen molar-refractivity contribution in [2.75, 3.05) is 0 Å². The minimum atomic E-state index is -3.75. The standard InChI is InChI=1S/C8H9BrO.2C2H4O2.Pb.H/c1-5-3-7(9)4-6(2)8(5)10;2*1-2(3)4;;/h3-4,10H,1-2H3;2*1H3,(H,3,4);;/q;;;+3;/p-3. The van der Waals surface area contributed by atoms with Crippen LogP contribution in [-0.4, -0.2) is 36.0 Å². The van der Waals surface area contributed by atoms with Crippen LogP contribution in [0.15, 0.2) is 16.6 Å². The minimum absolute atomic E-state index is 0.500. The van der Waals surface area contributed by atoms with E-state index in [0.29, 0.717) is 5.75 Å². The zero-order valence-corrected chi connectivity index (χ0v) is 17.2. The van der Waals surface area contributed by atoms with E-state index in [1.54, 1.807) is 0 Å². The molecular weight excluding hydrogens is 511 g/mol. The first-order valence-electron chi connectivity index (χ1n) is 5.57. The number of hydrogen-bond donors (Lipinski definition) is 0. The Kier molecular flexibility index (Phi) is 6.24. The molecule has 0 fully saturated rings. The number of carbonyl (C=O) groups excluding carboxylic acids is 2. The van der Waals surface area contributed by atoms with Gasteiger partial charge in [0.15, 0.2) is 0 Å². The molecule has 1 aromatic rings. The van der Waals surface area contributed by atoms with Gasteiger partial charge in [-0.25, -0.2) is 0 Å². The molecule has 5 nitrogen and oxygen atoms in total. The second kappa shape index (κ2) is 7.23. The van der Waals surface area contributed by atoms with Gasteiger partial charge < -0.3 is 0 Å². The van der Waals surface area contributed by atoms with Crippen LogP contribution in [0.4, 0.5) is 0 Å². The van der Waals surface area contributed by atoms with Gasteiger partial charge in [0.25, 0.3) is 0 Å². The maximum atomic E-state index is 11.0. The first-order chi connectivity index (χ1) is 8.79. The van der Waals surface area contributed by atoms with E-state index in [0.717, 1.165) is 15.6 Å². The summed E-state index contributed by atoms with van der Waals surface area (Å²) in [4.78, 5) is 22.0. The van der Waals surface area contributed by atoms with E-state index in [4.69, 9.17) is 8.06 Å². The summed E-state index contributed by atoms with van der Waals surface area (Å²) < 4.78 is 16.6. The van der Waals surface area contributed by atoms with Gasteiger partial charge in [-0.05, 0) is 0 Å². The van der Waals surface area contributed by atoms with Crippen LogP contribution in [0.5, 0.6) is 5.75 Å². The molecule has 0 unspecified atom stereocenters. The Morgan fingerprint density at radius 1 is 1.05 bits per heavy atom. The predicted octanol–water partition coefficient (Wildman–Crippen LogP) is 2.29. The van der Waals surface area contributed by atoms with Gasteiger partial charge in [0.2, 0.25) is 0 Å². The van der Waals surface area contributed by atoms with Crippen molar-refractivity contribution in [1.82, 2.24) is 0 Å². The van der Waals surface area contributed by atoms with Crippen LogP contribution >= 0.6 is 15.9 Å². The van der Waals surface area contributed by atoms with Crippen molar-refractivity contribution in [2.45, 2.75) is 27.7 Å². The van der Waals surface area contributed by atoms with E-state index in [9.17, 15) is 9.59 Å². The fourth-order valence-electron chi connectivity index (χ4n) is 1.52. The number of benzene rings is 1. The molecule has 0 N–H and O–H groups in total. The number of hydrogen-bond acceptors (Lipinski definition) is 5. The van der Waals surface area contributed by atoms with Crippen LogP contribution in [0.3, 0.4) is 0 Å². The summed E-state index contributed by atoms with van der Waals surface area (Å²) >= 11 is -0.365. The van der Waals surface area contributed by atoms with Crippen molar-refractivity contribution in [3.05, 3.63) is 27.7 Å². The van der Waals surface area contributed by atoms with Gasteiger partial charge in [0.05, 0.1) is 0 Å². The second-order valence-electron chi connectivity index (χ2n) is 3.99.